The van der Waals surface area contributed by atoms with Gasteiger partial charge in [-0.25, -0.2) is 12.8 Å². The summed E-state index contributed by atoms with van der Waals surface area (Å²) in [5.41, 5.74) is 1.01. The number of rotatable bonds is 11. The Balaban J connectivity index is 1.54. The fourth-order valence-electron chi connectivity index (χ4n) is 2.83. The van der Waals surface area contributed by atoms with E-state index < -0.39 is 28.3 Å². The zero-order chi connectivity index (χ0) is 23.0. The van der Waals surface area contributed by atoms with Crippen LogP contribution in [0.4, 0.5) is 10.1 Å². The molecule has 0 aliphatic rings. The molecular weight excluding hydrogens is 491 g/mol. The fraction of sp³-hybridized carbons (Fsp3) is 0.227. The lowest BCUT2D eigenvalue weighted by atomic mass is 10.2. The second-order valence-corrected chi connectivity index (χ2v) is 11.4. The van der Waals surface area contributed by atoms with Gasteiger partial charge in [-0.15, -0.1) is 11.3 Å². The summed E-state index contributed by atoms with van der Waals surface area (Å²) >= 11 is 8.62. The molecule has 1 aromatic heterocycles. The minimum Gasteiger partial charge on any atom is -0.354 e. The van der Waals surface area contributed by atoms with E-state index >= 15 is 0 Å². The highest BCUT2D eigenvalue weighted by Gasteiger charge is 2.29. The van der Waals surface area contributed by atoms with E-state index in [1.165, 1.54) is 35.9 Å². The first-order valence-corrected chi connectivity index (χ1v) is 13.6. The van der Waals surface area contributed by atoms with Gasteiger partial charge >= 0.3 is 0 Å². The van der Waals surface area contributed by atoms with Gasteiger partial charge < -0.3 is 5.32 Å². The Morgan fingerprint density at radius 3 is 2.53 bits per heavy atom. The molecule has 0 atom stereocenters. The first kappa shape index (κ1) is 24.6. The summed E-state index contributed by atoms with van der Waals surface area (Å²) in [5.74, 6) is 0.466. The normalized spacial score (nSPS) is 11.3. The van der Waals surface area contributed by atoms with Crippen molar-refractivity contribution in [2.45, 2.75) is 16.4 Å². The molecule has 3 aromatic rings. The number of nitrogens with zero attached hydrogens (tertiary/aromatic N) is 1. The highest BCUT2D eigenvalue weighted by molar-refractivity contribution is 7.98. The van der Waals surface area contributed by atoms with E-state index in [1.807, 2.05) is 24.3 Å². The van der Waals surface area contributed by atoms with E-state index in [9.17, 15) is 17.6 Å². The Kier molecular flexibility index (Phi) is 8.98. The third-order valence-electron chi connectivity index (χ3n) is 4.42. The van der Waals surface area contributed by atoms with Crippen molar-refractivity contribution in [3.05, 3.63) is 82.4 Å². The molecule has 3 rings (SSSR count). The Bertz CT molecular complexity index is 1120. The second kappa shape index (κ2) is 11.7. The maximum absolute atomic E-state index is 14.4. The van der Waals surface area contributed by atoms with Gasteiger partial charge in [0.15, 0.2) is 0 Å². The van der Waals surface area contributed by atoms with Crippen molar-refractivity contribution in [1.29, 1.82) is 0 Å². The molecule has 10 heteroatoms. The van der Waals surface area contributed by atoms with Crippen LogP contribution in [0.3, 0.4) is 0 Å². The van der Waals surface area contributed by atoms with Crippen LogP contribution in [0.1, 0.15) is 12.0 Å². The van der Waals surface area contributed by atoms with Crippen molar-refractivity contribution in [3.63, 3.8) is 0 Å². The summed E-state index contributed by atoms with van der Waals surface area (Å²) in [6, 6.07) is 16.2. The molecule has 0 radical (unpaired) electrons. The minimum atomic E-state index is -4.06. The third kappa shape index (κ3) is 6.71. The number of anilines is 1. The Morgan fingerprint density at radius 1 is 1.09 bits per heavy atom. The van der Waals surface area contributed by atoms with Crippen LogP contribution in [0, 0.1) is 5.82 Å². The average molecular weight is 513 g/mol. The van der Waals surface area contributed by atoms with Crippen molar-refractivity contribution >= 4 is 56.3 Å². The van der Waals surface area contributed by atoms with Crippen LogP contribution in [0.2, 0.25) is 5.02 Å². The van der Waals surface area contributed by atoms with Gasteiger partial charge in [0, 0.05) is 17.3 Å². The zero-order valence-corrected chi connectivity index (χ0v) is 20.2. The predicted molar refractivity (Wildman–Crippen MR) is 130 cm³/mol. The van der Waals surface area contributed by atoms with Gasteiger partial charge in [0.25, 0.3) is 10.0 Å². The van der Waals surface area contributed by atoms with Crippen molar-refractivity contribution in [2.24, 2.45) is 0 Å². The fourth-order valence-corrected chi connectivity index (χ4v) is 6.41. The molecule has 0 bridgehead atoms. The van der Waals surface area contributed by atoms with E-state index in [4.69, 9.17) is 11.6 Å². The van der Waals surface area contributed by atoms with Crippen LogP contribution in [-0.4, -0.2) is 33.2 Å². The number of carbonyl (C=O) groups is 1. The molecule has 0 saturated carbocycles. The molecule has 0 spiro atoms. The number of para-hydroxylation sites is 1. The van der Waals surface area contributed by atoms with Crippen molar-refractivity contribution in [3.8, 4) is 0 Å². The lowest BCUT2D eigenvalue weighted by Crippen LogP contribution is -2.41. The maximum Gasteiger partial charge on any atom is 0.274 e. The molecule has 2 aromatic carbocycles. The lowest BCUT2D eigenvalue weighted by Gasteiger charge is -2.23. The molecule has 0 aliphatic carbocycles. The first-order valence-electron chi connectivity index (χ1n) is 9.77. The number of hydrogen-bond acceptors (Lipinski definition) is 5. The number of hydrogen-bond donors (Lipinski definition) is 1. The lowest BCUT2D eigenvalue weighted by molar-refractivity contribution is -0.119. The molecule has 32 heavy (non-hydrogen) atoms. The quantitative estimate of drug-likeness (QED) is 0.360. The van der Waals surface area contributed by atoms with E-state index in [-0.39, 0.29) is 9.90 Å². The van der Waals surface area contributed by atoms with E-state index in [0.717, 1.165) is 33.6 Å². The van der Waals surface area contributed by atoms with Gasteiger partial charge in [-0.05, 0) is 53.4 Å². The van der Waals surface area contributed by atoms with Crippen LogP contribution < -0.4 is 9.62 Å². The van der Waals surface area contributed by atoms with Crippen molar-refractivity contribution in [1.82, 2.24) is 5.32 Å². The smallest absolute Gasteiger partial charge is 0.274 e. The molecule has 0 aliphatic heterocycles. The highest BCUT2D eigenvalue weighted by atomic mass is 35.5. The van der Waals surface area contributed by atoms with Crippen molar-refractivity contribution in [2.75, 3.05) is 23.1 Å². The summed E-state index contributed by atoms with van der Waals surface area (Å²) in [6.07, 6.45) is 0.724. The number of thiophene rings is 1. The molecule has 1 heterocycles. The van der Waals surface area contributed by atoms with Gasteiger partial charge in [-0.3, -0.25) is 9.10 Å². The molecule has 0 unspecified atom stereocenters. The average Bonchev–Trinajstić information content (AvgIpc) is 3.32. The largest absolute Gasteiger partial charge is 0.354 e. The number of sulfonamides is 1. The van der Waals surface area contributed by atoms with Crippen LogP contribution in [-0.2, 0) is 20.6 Å². The minimum absolute atomic E-state index is 0.0483. The Hall–Kier alpha value is -2.07. The van der Waals surface area contributed by atoms with Gasteiger partial charge in [0.1, 0.15) is 16.6 Å². The van der Waals surface area contributed by atoms with E-state index in [0.29, 0.717) is 11.6 Å². The van der Waals surface area contributed by atoms with Crippen LogP contribution >= 0.6 is 34.7 Å². The Labute approximate surface area is 200 Å². The van der Waals surface area contributed by atoms with Gasteiger partial charge in [0.05, 0.1) is 5.69 Å². The number of nitrogens with one attached hydrogen (secondary N) is 1. The summed E-state index contributed by atoms with van der Waals surface area (Å²) in [7, 11) is -4.06. The summed E-state index contributed by atoms with van der Waals surface area (Å²) in [5, 5.41) is 5.05. The molecule has 5 nitrogen and oxygen atoms in total. The zero-order valence-electron chi connectivity index (χ0n) is 17.0. The summed E-state index contributed by atoms with van der Waals surface area (Å²) < 4.78 is 41.3. The number of carbonyl (C=O) groups excluding carboxylic acids is 1. The predicted octanol–water partition coefficient (Wildman–Crippen LogP) is 5.18. The van der Waals surface area contributed by atoms with Crippen LogP contribution in [0.15, 0.2) is 70.3 Å². The van der Waals surface area contributed by atoms with Crippen molar-refractivity contribution < 1.29 is 17.6 Å². The molecule has 1 amide bonds. The molecule has 0 fully saturated rings. The SMILES string of the molecule is O=C(CN(c1ccccc1F)S(=O)(=O)c1cccs1)NCCCSCc1ccc(Cl)cc1. The summed E-state index contributed by atoms with van der Waals surface area (Å²) in [4.78, 5) is 12.5. The Morgan fingerprint density at radius 2 is 1.84 bits per heavy atom. The van der Waals surface area contributed by atoms with Crippen LogP contribution in [0.5, 0.6) is 0 Å². The van der Waals surface area contributed by atoms with E-state index in [1.54, 1.807) is 23.2 Å². The van der Waals surface area contributed by atoms with Gasteiger partial charge in [-0.1, -0.05) is 41.9 Å². The highest BCUT2D eigenvalue weighted by Crippen LogP contribution is 2.28. The molecular formula is C22H22ClFN2O3S3. The standard InChI is InChI=1S/C22H22ClFN2O3S3/c23-18-10-8-17(9-11-18)16-30-13-4-12-25-21(27)15-26(20-6-2-1-5-19(20)24)32(28,29)22-7-3-14-31-22/h1-3,5-11,14H,4,12-13,15-16H2,(H,25,27). The number of thioether (sulfide) groups is 1. The monoisotopic (exact) mass is 512 g/mol. The third-order valence-corrected chi connectivity index (χ3v) is 8.92. The summed E-state index contributed by atoms with van der Waals surface area (Å²) in [6.45, 7) is -0.101. The number of halogens is 2. The molecule has 170 valence electrons. The maximum atomic E-state index is 14.4. The van der Waals surface area contributed by atoms with Gasteiger partial charge in [0.2, 0.25) is 5.91 Å². The topological polar surface area (TPSA) is 66.5 Å². The van der Waals surface area contributed by atoms with Crippen LogP contribution in [0.25, 0.3) is 0 Å². The molecule has 1 N–H and O–H groups in total. The first-order chi connectivity index (χ1) is 15.4. The number of benzene rings is 2. The second-order valence-electron chi connectivity index (χ2n) is 6.78. The number of amides is 1. The van der Waals surface area contributed by atoms with E-state index in [2.05, 4.69) is 5.32 Å². The van der Waals surface area contributed by atoms with Gasteiger partial charge in [-0.2, -0.15) is 11.8 Å². The molecule has 0 saturated heterocycles.